The van der Waals surface area contributed by atoms with E-state index < -0.39 is 0 Å². The van der Waals surface area contributed by atoms with Gasteiger partial charge in [-0.15, -0.1) is 0 Å². The maximum Gasteiger partial charge on any atom is 0.0594 e. The fourth-order valence-electron chi connectivity index (χ4n) is 4.83. The molecule has 1 aliphatic carbocycles. The molecule has 1 saturated heterocycles. The summed E-state index contributed by atoms with van der Waals surface area (Å²) in [4.78, 5) is 2.60. The average molecular weight is 367 g/mol. The molecule has 3 aromatic rings. The maximum atomic E-state index is 6.56. The zero-order valence-corrected chi connectivity index (χ0v) is 15.8. The summed E-state index contributed by atoms with van der Waals surface area (Å²) in [5, 5.41) is 2.26. The van der Waals surface area contributed by atoms with Crippen molar-refractivity contribution < 1.29 is 4.74 Å². The molecule has 2 aliphatic rings. The van der Waals surface area contributed by atoms with Gasteiger partial charge >= 0.3 is 0 Å². The van der Waals surface area contributed by atoms with Crippen molar-refractivity contribution >= 4 is 22.5 Å². The van der Waals surface area contributed by atoms with E-state index in [1.54, 1.807) is 0 Å². The number of benzene rings is 2. The Balaban J connectivity index is 1.72. The molecule has 0 saturated carbocycles. The molecule has 4 heteroatoms. The number of aryl methyl sites for hydroxylation is 2. The van der Waals surface area contributed by atoms with Gasteiger partial charge in [0.25, 0.3) is 0 Å². The molecule has 26 heavy (non-hydrogen) atoms. The summed E-state index contributed by atoms with van der Waals surface area (Å²) in [5.74, 6) is 0. The van der Waals surface area contributed by atoms with Gasteiger partial charge in [0.1, 0.15) is 0 Å². The molecule has 3 nitrogen and oxygen atoms in total. The number of aromatic nitrogens is 1. The molecule has 1 aliphatic heterocycles. The van der Waals surface area contributed by atoms with Crippen LogP contribution in [0.25, 0.3) is 22.2 Å². The first-order chi connectivity index (χ1) is 12.8. The summed E-state index contributed by atoms with van der Waals surface area (Å²) in [5.41, 5.74) is 6.65. The topological polar surface area (TPSA) is 17.4 Å². The van der Waals surface area contributed by atoms with Crippen molar-refractivity contribution in [2.45, 2.75) is 18.9 Å². The van der Waals surface area contributed by atoms with E-state index in [2.05, 4.69) is 46.8 Å². The van der Waals surface area contributed by atoms with Crippen LogP contribution in [0.15, 0.2) is 42.5 Å². The maximum absolute atomic E-state index is 6.56. The second-order valence-corrected chi connectivity index (χ2v) is 7.72. The molecule has 0 radical (unpaired) electrons. The van der Waals surface area contributed by atoms with Crippen LogP contribution in [0.1, 0.15) is 23.6 Å². The Morgan fingerprint density at radius 3 is 2.65 bits per heavy atom. The number of rotatable bonds is 2. The third-order valence-electron chi connectivity index (χ3n) is 6.00. The highest BCUT2D eigenvalue weighted by Gasteiger charge is 2.31. The summed E-state index contributed by atoms with van der Waals surface area (Å²) in [6.45, 7) is 3.75. The van der Waals surface area contributed by atoms with E-state index in [9.17, 15) is 0 Å². The molecule has 1 fully saturated rings. The lowest BCUT2D eigenvalue weighted by molar-refractivity contribution is 0.0141. The van der Waals surface area contributed by atoms with E-state index in [0.717, 1.165) is 49.7 Å². The number of halogens is 1. The van der Waals surface area contributed by atoms with Crippen LogP contribution in [0, 0.1) is 0 Å². The van der Waals surface area contributed by atoms with E-state index in [0.29, 0.717) is 6.04 Å². The number of morpholine rings is 1. The van der Waals surface area contributed by atoms with E-state index in [-0.39, 0.29) is 0 Å². The zero-order valence-electron chi connectivity index (χ0n) is 15.0. The van der Waals surface area contributed by atoms with Crippen molar-refractivity contribution in [2.75, 3.05) is 26.3 Å². The molecule has 5 rings (SSSR count). The van der Waals surface area contributed by atoms with Crippen molar-refractivity contribution in [2.24, 2.45) is 7.05 Å². The molecular formula is C22H23ClN2O. The number of hydrogen-bond donors (Lipinski definition) is 0. The number of hydrogen-bond acceptors (Lipinski definition) is 2. The van der Waals surface area contributed by atoms with Gasteiger partial charge in [-0.25, -0.2) is 0 Å². The lowest BCUT2D eigenvalue weighted by atomic mass is 9.86. The van der Waals surface area contributed by atoms with Gasteiger partial charge in [0.2, 0.25) is 0 Å². The lowest BCUT2D eigenvalue weighted by Gasteiger charge is -2.37. The molecule has 0 spiro atoms. The van der Waals surface area contributed by atoms with E-state index in [1.165, 1.54) is 27.7 Å². The first-order valence-electron chi connectivity index (χ1n) is 9.42. The average Bonchev–Trinajstić information content (AvgIpc) is 2.97. The third-order valence-corrected chi connectivity index (χ3v) is 6.33. The van der Waals surface area contributed by atoms with Crippen LogP contribution in [-0.2, 0) is 18.2 Å². The summed E-state index contributed by atoms with van der Waals surface area (Å²) in [7, 11) is 2.17. The summed E-state index contributed by atoms with van der Waals surface area (Å²) in [6.07, 6.45) is 2.25. The minimum Gasteiger partial charge on any atom is -0.379 e. The molecule has 2 heterocycles. The van der Waals surface area contributed by atoms with Gasteiger partial charge in [-0.2, -0.15) is 0 Å². The predicted octanol–water partition coefficient (Wildman–Crippen LogP) is 4.82. The van der Waals surface area contributed by atoms with E-state index in [1.807, 2.05) is 12.1 Å². The molecule has 134 valence electrons. The van der Waals surface area contributed by atoms with Crippen molar-refractivity contribution in [1.82, 2.24) is 9.47 Å². The number of nitrogens with zero attached hydrogens (tertiary/aromatic N) is 2. The van der Waals surface area contributed by atoms with Crippen LogP contribution < -0.4 is 0 Å². The smallest absolute Gasteiger partial charge is 0.0594 e. The van der Waals surface area contributed by atoms with Gasteiger partial charge in [0.15, 0.2) is 0 Å². The minimum atomic E-state index is 0.497. The second kappa shape index (κ2) is 6.41. The molecule has 1 aromatic heterocycles. The monoisotopic (exact) mass is 366 g/mol. The third kappa shape index (κ3) is 2.42. The van der Waals surface area contributed by atoms with Crippen LogP contribution >= 0.6 is 11.6 Å². The van der Waals surface area contributed by atoms with Crippen LogP contribution in [0.3, 0.4) is 0 Å². The van der Waals surface area contributed by atoms with Crippen LogP contribution in [0.5, 0.6) is 0 Å². The van der Waals surface area contributed by atoms with Gasteiger partial charge in [0, 0.05) is 47.7 Å². The van der Waals surface area contributed by atoms with Crippen molar-refractivity contribution in [3.05, 3.63) is 58.6 Å². The van der Waals surface area contributed by atoms with E-state index in [4.69, 9.17) is 16.3 Å². The summed E-state index contributed by atoms with van der Waals surface area (Å²) in [6, 6.07) is 15.5. The SMILES string of the molecule is Cn1c(-c2ccccc2Cl)c2c3c(cccc31)C(N1CCOCC1)CC2. The Labute approximate surface area is 159 Å². The molecule has 1 atom stereocenters. The van der Waals surface area contributed by atoms with Crippen LogP contribution in [0.4, 0.5) is 0 Å². The molecular weight excluding hydrogens is 344 g/mol. The Morgan fingerprint density at radius 2 is 1.85 bits per heavy atom. The van der Waals surface area contributed by atoms with Gasteiger partial charge in [0.05, 0.1) is 18.9 Å². The molecule has 1 unspecified atom stereocenters. The van der Waals surface area contributed by atoms with Crippen LogP contribution in [-0.4, -0.2) is 35.8 Å². The second-order valence-electron chi connectivity index (χ2n) is 7.31. The van der Waals surface area contributed by atoms with Crippen molar-refractivity contribution in [3.63, 3.8) is 0 Å². The quantitative estimate of drug-likeness (QED) is 0.647. The fourth-order valence-corrected chi connectivity index (χ4v) is 5.05. The highest BCUT2D eigenvalue weighted by atomic mass is 35.5. The highest BCUT2D eigenvalue weighted by molar-refractivity contribution is 6.33. The standard InChI is InChI=1S/C22H23ClN2O/c1-24-20-8-4-6-16-19(25-11-13-26-14-12-25)10-9-17(21(16)20)22(24)15-5-2-3-7-18(15)23/h2-8,19H,9-14H2,1H3. The lowest BCUT2D eigenvalue weighted by Crippen LogP contribution is -2.40. The van der Waals surface area contributed by atoms with Crippen molar-refractivity contribution in [3.8, 4) is 11.3 Å². The van der Waals surface area contributed by atoms with Crippen molar-refractivity contribution in [1.29, 1.82) is 0 Å². The zero-order chi connectivity index (χ0) is 17.7. The van der Waals surface area contributed by atoms with Gasteiger partial charge in [-0.1, -0.05) is 41.9 Å². The highest BCUT2D eigenvalue weighted by Crippen LogP contribution is 2.45. The summed E-state index contributed by atoms with van der Waals surface area (Å²) >= 11 is 6.56. The minimum absolute atomic E-state index is 0.497. The van der Waals surface area contributed by atoms with Gasteiger partial charge in [-0.3, -0.25) is 4.90 Å². The van der Waals surface area contributed by atoms with Crippen LogP contribution in [0.2, 0.25) is 5.02 Å². The molecule has 0 amide bonds. The summed E-state index contributed by atoms with van der Waals surface area (Å²) < 4.78 is 7.90. The Kier molecular flexibility index (Phi) is 4.04. The Hall–Kier alpha value is -1.81. The Morgan fingerprint density at radius 1 is 1.04 bits per heavy atom. The first-order valence-corrected chi connectivity index (χ1v) is 9.80. The largest absolute Gasteiger partial charge is 0.379 e. The van der Waals surface area contributed by atoms with Gasteiger partial charge in [-0.05, 0) is 36.1 Å². The predicted molar refractivity (Wildman–Crippen MR) is 107 cm³/mol. The number of ether oxygens (including phenoxy) is 1. The van der Waals surface area contributed by atoms with E-state index >= 15 is 0 Å². The fraction of sp³-hybridized carbons (Fsp3) is 0.364. The normalized spacial score (nSPS) is 20.6. The Bertz CT molecular complexity index is 972. The molecule has 0 N–H and O–H groups in total. The molecule has 0 bridgehead atoms. The molecule has 2 aromatic carbocycles. The first kappa shape index (κ1) is 16.4. The van der Waals surface area contributed by atoms with Gasteiger partial charge < -0.3 is 9.30 Å².